The van der Waals surface area contributed by atoms with Crippen LogP contribution in [0.5, 0.6) is 0 Å². The Bertz CT molecular complexity index is 474. The Labute approximate surface area is 101 Å². The summed E-state index contributed by atoms with van der Waals surface area (Å²) in [5.74, 6) is -0.528. The van der Waals surface area contributed by atoms with Gasteiger partial charge in [-0.15, -0.1) is 0 Å². The van der Waals surface area contributed by atoms with E-state index in [-0.39, 0.29) is 17.6 Å². The van der Waals surface area contributed by atoms with Crippen LogP contribution in [0, 0.1) is 13.8 Å². The molecule has 0 unspecified atom stereocenters. The fraction of sp³-hybridized carbons (Fsp3) is 0.538. The summed E-state index contributed by atoms with van der Waals surface area (Å²) in [6, 6.07) is 1.49. The van der Waals surface area contributed by atoms with Gasteiger partial charge in [0.15, 0.2) is 5.43 Å². The van der Waals surface area contributed by atoms with Gasteiger partial charge >= 0.3 is 5.97 Å². The average molecular weight is 237 g/mol. The first kappa shape index (κ1) is 13.5. The third-order valence-corrected chi connectivity index (χ3v) is 2.71. The summed E-state index contributed by atoms with van der Waals surface area (Å²) in [6.07, 6.45) is 0.951. The summed E-state index contributed by atoms with van der Waals surface area (Å²) in [4.78, 5) is 23.5. The summed E-state index contributed by atoms with van der Waals surface area (Å²) in [7, 11) is 0. The molecule has 0 fully saturated rings. The number of esters is 1. The van der Waals surface area contributed by atoms with Crippen LogP contribution in [0.15, 0.2) is 10.9 Å². The van der Waals surface area contributed by atoms with Crippen LogP contribution < -0.4 is 5.43 Å². The van der Waals surface area contributed by atoms with Gasteiger partial charge in [0.25, 0.3) is 0 Å². The Morgan fingerprint density at radius 2 is 2.00 bits per heavy atom. The van der Waals surface area contributed by atoms with Crippen molar-refractivity contribution in [1.82, 2.24) is 4.57 Å². The molecule has 0 atom stereocenters. The van der Waals surface area contributed by atoms with E-state index in [0.29, 0.717) is 5.69 Å². The SMILES string of the molecule is CCCn1c(C)cc(=O)c(C(=O)OCC)c1C. The van der Waals surface area contributed by atoms with Crippen molar-refractivity contribution in [3.05, 3.63) is 33.2 Å². The normalized spacial score (nSPS) is 10.4. The molecule has 0 radical (unpaired) electrons. The lowest BCUT2D eigenvalue weighted by atomic mass is 10.1. The first-order chi connectivity index (χ1) is 8.02. The van der Waals surface area contributed by atoms with Crippen molar-refractivity contribution in [1.29, 1.82) is 0 Å². The number of hydrogen-bond donors (Lipinski definition) is 0. The molecule has 0 aliphatic carbocycles. The van der Waals surface area contributed by atoms with Gasteiger partial charge < -0.3 is 9.30 Å². The van der Waals surface area contributed by atoms with E-state index in [9.17, 15) is 9.59 Å². The highest BCUT2D eigenvalue weighted by molar-refractivity contribution is 5.90. The highest BCUT2D eigenvalue weighted by Crippen LogP contribution is 2.09. The van der Waals surface area contributed by atoms with Gasteiger partial charge in [-0.25, -0.2) is 4.79 Å². The van der Waals surface area contributed by atoms with Crippen LogP contribution in [-0.4, -0.2) is 17.1 Å². The minimum Gasteiger partial charge on any atom is -0.462 e. The lowest BCUT2D eigenvalue weighted by molar-refractivity contribution is 0.0522. The van der Waals surface area contributed by atoms with Crippen LogP contribution in [0.4, 0.5) is 0 Å². The third-order valence-electron chi connectivity index (χ3n) is 2.71. The van der Waals surface area contributed by atoms with Gasteiger partial charge in [-0.2, -0.15) is 0 Å². The predicted octanol–water partition coefficient (Wildman–Crippen LogP) is 2.05. The van der Waals surface area contributed by atoms with Crippen molar-refractivity contribution in [2.45, 2.75) is 40.7 Å². The summed E-state index contributed by atoms with van der Waals surface area (Å²) in [6.45, 7) is 8.52. The van der Waals surface area contributed by atoms with E-state index < -0.39 is 5.97 Å². The highest BCUT2D eigenvalue weighted by atomic mass is 16.5. The van der Waals surface area contributed by atoms with Crippen molar-refractivity contribution in [3.63, 3.8) is 0 Å². The van der Waals surface area contributed by atoms with Gasteiger partial charge in [0.1, 0.15) is 5.56 Å². The monoisotopic (exact) mass is 237 g/mol. The van der Waals surface area contributed by atoms with Gasteiger partial charge in [0.2, 0.25) is 0 Å². The molecular formula is C13H19NO3. The second-order valence-corrected chi connectivity index (χ2v) is 3.98. The van der Waals surface area contributed by atoms with Crippen molar-refractivity contribution in [2.75, 3.05) is 6.61 Å². The lowest BCUT2D eigenvalue weighted by Crippen LogP contribution is -2.24. The third kappa shape index (κ3) is 2.75. The minimum absolute atomic E-state index is 0.158. The van der Waals surface area contributed by atoms with Crippen LogP contribution in [0.25, 0.3) is 0 Å². The molecule has 0 N–H and O–H groups in total. The first-order valence-corrected chi connectivity index (χ1v) is 5.91. The molecule has 4 nitrogen and oxygen atoms in total. The van der Waals surface area contributed by atoms with Crippen molar-refractivity contribution in [3.8, 4) is 0 Å². The first-order valence-electron chi connectivity index (χ1n) is 5.91. The fourth-order valence-corrected chi connectivity index (χ4v) is 1.94. The quantitative estimate of drug-likeness (QED) is 0.753. The van der Waals surface area contributed by atoms with Crippen LogP contribution in [-0.2, 0) is 11.3 Å². The molecular weight excluding hydrogens is 218 g/mol. The maximum atomic E-state index is 11.8. The van der Waals surface area contributed by atoms with Gasteiger partial charge in [0.05, 0.1) is 6.61 Å². The van der Waals surface area contributed by atoms with E-state index in [1.54, 1.807) is 13.8 Å². The van der Waals surface area contributed by atoms with Crippen molar-refractivity contribution >= 4 is 5.97 Å². The number of aryl methyl sites for hydroxylation is 1. The van der Waals surface area contributed by atoms with Gasteiger partial charge in [-0.3, -0.25) is 4.79 Å². The lowest BCUT2D eigenvalue weighted by Gasteiger charge is -2.16. The fourth-order valence-electron chi connectivity index (χ4n) is 1.94. The van der Waals surface area contributed by atoms with Crippen LogP contribution >= 0.6 is 0 Å². The topological polar surface area (TPSA) is 48.3 Å². The molecule has 0 saturated carbocycles. The number of hydrogen-bond acceptors (Lipinski definition) is 3. The Hall–Kier alpha value is -1.58. The molecule has 1 aromatic heterocycles. The van der Waals surface area contributed by atoms with Crippen LogP contribution in [0.2, 0.25) is 0 Å². The molecule has 0 bridgehead atoms. The molecule has 0 amide bonds. The van der Waals surface area contributed by atoms with E-state index in [0.717, 1.165) is 18.7 Å². The molecule has 0 aromatic carbocycles. The molecule has 0 aliphatic heterocycles. The second-order valence-electron chi connectivity index (χ2n) is 3.98. The smallest absolute Gasteiger partial charge is 0.343 e. The maximum Gasteiger partial charge on any atom is 0.343 e. The molecule has 0 saturated heterocycles. The van der Waals surface area contributed by atoms with E-state index >= 15 is 0 Å². The number of carbonyl (C=O) groups excluding carboxylic acids is 1. The average Bonchev–Trinajstić information content (AvgIpc) is 2.24. The molecule has 4 heteroatoms. The number of carbonyl (C=O) groups is 1. The largest absolute Gasteiger partial charge is 0.462 e. The number of ether oxygens (including phenoxy) is 1. The van der Waals surface area contributed by atoms with Crippen molar-refractivity contribution < 1.29 is 9.53 Å². The Morgan fingerprint density at radius 1 is 1.35 bits per heavy atom. The minimum atomic E-state index is -0.528. The van der Waals surface area contributed by atoms with E-state index in [1.165, 1.54) is 6.07 Å². The van der Waals surface area contributed by atoms with Gasteiger partial charge in [-0.05, 0) is 27.2 Å². The van der Waals surface area contributed by atoms with Crippen LogP contribution in [0.1, 0.15) is 42.0 Å². The molecule has 1 rings (SSSR count). The van der Waals surface area contributed by atoms with Gasteiger partial charge in [0, 0.05) is 24.0 Å². The Kier molecular flexibility index (Phi) is 4.49. The Morgan fingerprint density at radius 3 is 2.53 bits per heavy atom. The van der Waals surface area contributed by atoms with Gasteiger partial charge in [-0.1, -0.05) is 6.92 Å². The Balaban J connectivity index is 3.35. The van der Waals surface area contributed by atoms with E-state index in [2.05, 4.69) is 6.92 Å². The summed E-state index contributed by atoms with van der Waals surface area (Å²) in [5, 5.41) is 0. The summed E-state index contributed by atoms with van der Waals surface area (Å²) < 4.78 is 6.89. The summed E-state index contributed by atoms with van der Waals surface area (Å²) >= 11 is 0. The van der Waals surface area contributed by atoms with Crippen LogP contribution in [0.3, 0.4) is 0 Å². The molecule has 1 heterocycles. The number of pyridine rings is 1. The number of aromatic nitrogens is 1. The maximum absolute atomic E-state index is 11.8. The molecule has 0 aliphatic rings. The highest BCUT2D eigenvalue weighted by Gasteiger charge is 2.17. The molecule has 17 heavy (non-hydrogen) atoms. The van der Waals surface area contributed by atoms with E-state index in [1.807, 2.05) is 11.5 Å². The second kappa shape index (κ2) is 5.66. The number of nitrogens with zero attached hydrogens (tertiary/aromatic N) is 1. The molecule has 94 valence electrons. The van der Waals surface area contributed by atoms with Crippen molar-refractivity contribution in [2.24, 2.45) is 0 Å². The zero-order chi connectivity index (χ0) is 13.0. The zero-order valence-electron chi connectivity index (χ0n) is 10.9. The molecule has 0 spiro atoms. The molecule has 1 aromatic rings. The number of rotatable bonds is 4. The zero-order valence-corrected chi connectivity index (χ0v) is 10.9. The summed E-state index contributed by atoms with van der Waals surface area (Å²) in [5.41, 5.74) is 1.47. The standard InChI is InChI=1S/C13H19NO3/c1-5-7-14-9(3)8-11(15)12(10(14)4)13(16)17-6-2/h8H,5-7H2,1-4H3. The van der Waals surface area contributed by atoms with E-state index in [4.69, 9.17) is 4.74 Å². The predicted molar refractivity (Wildman–Crippen MR) is 66.4 cm³/mol.